The second-order valence-corrected chi connectivity index (χ2v) is 4.49. The molecule has 1 N–H and O–H groups in total. The minimum absolute atomic E-state index is 0.362. The summed E-state index contributed by atoms with van der Waals surface area (Å²) in [6.45, 7) is 6.60. The summed E-state index contributed by atoms with van der Waals surface area (Å²) in [6.07, 6.45) is 2.60. The van der Waals surface area contributed by atoms with E-state index in [-0.39, 0.29) is 5.79 Å². The van der Waals surface area contributed by atoms with E-state index in [0.717, 1.165) is 25.7 Å². The maximum absolute atomic E-state index is 5.50. The van der Waals surface area contributed by atoms with Crippen molar-refractivity contribution >= 4 is 0 Å². The SMILES string of the molecule is CC1CC(NCC2(C)OCCO2)C1. The smallest absolute Gasteiger partial charge is 0.178 e. The van der Waals surface area contributed by atoms with Crippen molar-refractivity contribution in [1.82, 2.24) is 5.32 Å². The molecule has 1 saturated carbocycles. The van der Waals surface area contributed by atoms with E-state index in [1.165, 1.54) is 12.8 Å². The topological polar surface area (TPSA) is 30.5 Å². The molecular formula is C10H19NO2. The van der Waals surface area contributed by atoms with Gasteiger partial charge in [0.25, 0.3) is 0 Å². The van der Waals surface area contributed by atoms with E-state index in [2.05, 4.69) is 12.2 Å². The molecule has 0 aromatic carbocycles. The van der Waals surface area contributed by atoms with Gasteiger partial charge in [-0.15, -0.1) is 0 Å². The van der Waals surface area contributed by atoms with E-state index in [0.29, 0.717) is 6.04 Å². The summed E-state index contributed by atoms with van der Waals surface area (Å²) in [4.78, 5) is 0. The highest BCUT2D eigenvalue weighted by atomic mass is 16.7. The van der Waals surface area contributed by atoms with Crippen molar-refractivity contribution in [3.05, 3.63) is 0 Å². The van der Waals surface area contributed by atoms with Gasteiger partial charge in [-0.05, 0) is 25.7 Å². The van der Waals surface area contributed by atoms with Crippen LogP contribution in [-0.2, 0) is 9.47 Å². The molecule has 13 heavy (non-hydrogen) atoms. The van der Waals surface area contributed by atoms with Gasteiger partial charge in [0.15, 0.2) is 5.79 Å². The van der Waals surface area contributed by atoms with Gasteiger partial charge in [-0.25, -0.2) is 0 Å². The molecule has 0 unspecified atom stereocenters. The van der Waals surface area contributed by atoms with Crippen molar-refractivity contribution in [2.45, 2.75) is 38.5 Å². The standard InChI is InChI=1S/C10H19NO2/c1-8-5-9(6-8)11-7-10(2)12-3-4-13-10/h8-9,11H,3-7H2,1-2H3. The Morgan fingerprint density at radius 2 is 1.92 bits per heavy atom. The average Bonchev–Trinajstić information content (AvgIpc) is 2.45. The third kappa shape index (κ3) is 2.22. The molecule has 0 spiro atoms. The maximum atomic E-state index is 5.50. The summed E-state index contributed by atoms with van der Waals surface area (Å²) in [5.74, 6) is 0.537. The second-order valence-electron chi connectivity index (χ2n) is 4.49. The van der Waals surface area contributed by atoms with Gasteiger partial charge in [0.1, 0.15) is 0 Å². The van der Waals surface area contributed by atoms with Crippen LogP contribution in [0.5, 0.6) is 0 Å². The van der Waals surface area contributed by atoms with Crippen LogP contribution in [-0.4, -0.2) is 31.6 Å². The summed E-state index contributed by atoms with van der Waals surface area (Å²) >= 11 is 0. The van der Waals surface area contributed by atoms with Gasteiger partial charge in [0, 0.05) is 12.6 Å². The fourth-order valence-electron chi connectivity index (χ4n) is 2.06. The van der Waals surface area contributed by atoms with E-state index in [9.17, 15) is 0 Å². The van der Waals surface area contributed by atoms with Crippen molar-refractivity contribution in [3.63, 3.8) is 0 Å². The molecule has 2 aliphatic rings. The Kier molecular flexibility index (Phi) is 2.58. The number of hydrogen-bond donors (Lipinski definition) is 1. The van der Waals surface area contributed by atoms with E-state index in [4.69, 9.17) is 9.47 Å². The molecule has 1 saturated heterocycles. The van der Waals surface area contributed by atoms with Crippen LogP contribution in [0.1, 0.15) is 26.7 Å². The van der Waals surface area contributed by atoms with E-state index in [1.54, 1.807) is 0 Å². The van der Waals surface area contributed by atoms with Gasteiger partial charge in [-0.2, -0.15) is 0 Å². The Morgan fingerprint density at radius 3 is 2.46 bits per heavy atom. The third-order valence-electron chi connectivity index (χ3n) is 2.98. The Balaban J connectivity index is 1.67. The van der Waals surface area contributed by atoms with Crippen LogP contribution in [0.15, 0.2) is 0 Å². The van der Waals surface area contributed by atoms with E-state index in [1.807, 2.05) is 6.92 Å². The number of hydrogen-bond acceptors (Lipinski definition) is 3. The molecule has 2 rings (SSSR count). The van der Waals surface area contributed by atoms with Crippen LogP contribution in [0.2, 0.25) is 0 Å². The van der Waals surface area contributed by atoms with Crippen LogP contribution >= 0.6 is 0 Å². The Labute approximate surface area is 79.8 Å². The lowest BCUT2D eigenvalue weighted by Gasteiger charge is -2.35. The van der Waals surface area contributed by atoms with Gasteiger partial charge in [-0.1, -0.05) is 6.92 Å². The normalized spacial score (nSPS) is 37.4. The van der Waals surface area contributed by atoms with Crippen molar-refractivity contribution in [2.75, 3.05) is 19.8 Å². The molecule has 3 nitrogen and oxygen atoms in total. The van der Waals surface area contributed by atoms with E-state index < -0.39 is 0 Å². The predicted octanol–water partition coefficient (Wildman–Crippen LogP) is 1.14. The predicted molar refractivity (Wildman–Crippen MR) is 50.5 cm³/mol. The van der Waals surface area contributed by atoms with Gasteiger partial charge >= 0.3 is 0 Å². The fraction of sp³-hybridized carbons (Fsp3) is 1.00. The molecule has 0 radical (unpaired) electrons. The molecule has 2 fully saturated rings. The van der Waals surface area contributed by atoms with Crippen LogP contribution in [0.4, 0.5) is 0 Å². The molecule has 1 heterocycles. The zero-order chi connectivity index (χ0) is 9.31. The van der Waals surface area contributed by atoms with E-state index >= 15 is 0 Å². The number of rotatable bonds is 3. The fourth-order valence-corrected chi connectivity index (χ4v) is 2.06. The molecule has 0 atom stereocenters. The summed E-state index contributed by atoms with van der Waals surface area (Å²) in [6, 6.07) is 0.694. The highest BCUT2D eigenvalue weighted by Crippen LogP contribution is 2.27. The first-order valence-corrected chi connectivity index (χ1v) is 5.19. The van der Waals surface area contributed by atoms with Gasteiger partial charge in [0.2, 0.25) is 0 Å². The minimum Gasteiger partial charge on any atom is -0.347 e. The van der Waals surface area contributed by atoms with Gasteiger partial charge in [0.05, 0.1) is 13.2 Å². The Bertz CT molecular complexity index is 172. The zero-order valence-corrected chi connectivity index (χ0v) is 8.51. The molecule has 0 aromatic rings. The minimum atomic E-state index is -0.362. The van der Waals surface area contributed by atoms with Crippen LogP contribution < -0.4 is 5.32 Å². The molecule has 76 valence electrons. The van der Waals surface area contributed by atoms with Gasteiger partial charge < -0.3 is 14.8 Å². The zero-order valence-electron chi connectivity index (χ0n) is 8.51. The summed E-state index contributed by atoms with van der Waals surface area (Å²) in [7, 11) is 0. The molecule has 3 heteroatoms. The maximum Gasteiger partial charge on any atom is 0.178 e. The number of nitrogens with one attached hydrogen (secondary N) is 1. The van der Waals surface area contributed by atoms with Crippen LogP contribution in [0, 0.1) is 5.92 Å². The molecular weight excluding hydrogens is 166 g/mol. The Hall–Kier alpha value is -0.120. The summed E-state index contributed by atoms with van der Waals surface area (Å²) < 4.78 is 11.0. The highest BCUT2D eigenvalue weighted by Gasteiger charge is 2.33. The summed E-state index contributed by atoms with van der Waals surface area (Å²) in [5.41, 5.74) is 0. The molecule has 0 aromatic heterocycles. The van der Waals surface area contributed by atoms with Gasteiger partial charge in [-0.3, -0.25) is 0 Å². The monoisotopic (exact) mass is 185 g/mol. The van der Waals surface area contributed by atoms with Crippen molar-refractivity contribution in [2.24, 2.45) is 5.92 Å². The van der Waals surface area contributed by atoms with Crippen molar-refractivity contribution in [1.29, 1.82) is 0 Å². The van der Waals surface area contributed by atoms with Crippen molar-refractivity contribution < 1.29 is 9.47 Å². The lowest BCUT2D eigenvalue weighted by atomic mass is 9.82. The van der Waals surface area contributed by atoms with Crippen LogP contribution in [0.3, 0.4) is 0 Å². The molecule has 1 aliphatic carbocycles. The van der Waals surface area contributed by atoms with Crippen molar-refractivity contribution in [3.8, 4) is 0 Å². The molecule has 1 aliphatic heterocycles. The lowest BCUT2D eigenvalue weighted by molar-refractivity contribution is -0.140. The largest absolute Gasteiger partial charge is 0.347 e. The Morgan fingerprint density at radius 1 is 1.31 bits per heavy atom. The molecule has 0 amide bonds. The third-order valence-corrected chi connectivity index (χ3v) is 2.98. The first-order chi connectivity index (χ1) is 6.18. The summed E-state index contributed by atoms with van der Waals surface area (Å²) in [5, 5.41) is 3.48. The quantitative estimate of drug-likeness (QED) is 0.715. The first-order valence-electron chi connectivity index (χ1n) is 5.19. The second kappa shape index (κ2) is 3.56. The number of ether oxygens (including phenoxy) is 2. The highest BCUT2D eigenvalue weighted by molar-refractivity contribution is 4.84. The molecule has 0 bridgehead atoms. The lowest BCUT2D eigenvalue weighted by Crippen LogP contribution is -2.47. The first kappa shape index (κ1) is 9.44. The van der Waals surface area contributed by atoms with Crippen LogP contribution in [0.25, 0.3) is 0 Å². The average molecular weight is 185 g/mol.